The summed E-state index contributed by atoms with van der Waals surface area (Å²) in [6, 6.07) is 12.8. The minimum Gasteiger partial charge on any atom is -0.486 e. The maximum absolute atomic E-state index is 13.7. The standard InChI is InChI=1S/C26H31NO4S/c1-19-7-6-10-24(15-19)32(29,30)27-18-23(13-11-20(2)28)31-26-14-12-22(17-25(26)27)16-21-8-4-3-5-9-21/h6-7,10,12,14-17,23H,3-5,8-9,11,13,18H2,1-2H3/t23-/m0/s1. The lowest BCUT2D eigenvalue weighted by molar-refractivity contribution is -0.117. The van der Waals surface area contributed by atoms with Gasteiger partial charge < -0.3 is 9.53 Å². The average molecular weight is 454 g/mol. The van der Waals surface area contributed by atoms with E-state index in [0.717, 1.165) is 24.0 Å². The Morgan fingerprint density at radius 1 is 1.12 bits per heavy atom. The minimum atomic E-state index is -3.77. The van der Waals surface area contributed by atoms with Gasteiger partial charge in [-0.25, -0.2) is 8.42 Å². The van der Waals surface area contributed by atoms with E-state index in [9.17, 15) is 13.2 Å². The summed E-state index contributed by atoms with van der Waals surface area (Å²) >= 11 is 0. The Morgan fingerprint density at radius 3 is 2.62 bits per heavy atom. The number of carbonyl (C=O) groups is 1. The molecule has 5 nitrogen and oxygen atoms in total. The van der Waals surface area contributed by atoms with E-state index in [2.05, 4.69) is 6.08 Å². The molecule has 0 amide bonds. The van der Waals surface area contributed by atoms with E-state index >= 15 is 0 Å². The Kier molecular flexibility index (Phi) is 6.70. The van der Waals surface area contributed by atoms with Crippen molar-refractivity contribution in [3.05, 3.63) is 59.2 Å². The number of anilines is 1. The normalized spacial score (nSPS) is 18.6. The molecule has 2 aromatic carbocycles. The van der Waals surface area contributed by atoms with Crippen molar-refractivity contribution in [2.75, 3.05) is 10.8 Å². The molecule has 170 valence electrons. The molecular weight excluding hydrogens is 422 g/mol. The van der Waals surface area contributed by atoms with Crippen molar-refractivity contribution in [3.63, 3.8) is 0 Å². The Morgan fingerprint density at radius 2 is 1.91 bits per heavy atom. The second kappa shape index (κ2) is 9.49. The number of benzene rings is 2. The Hall–Kier alpha value is -2.60. The maximum Gasteiger partial charge on any atom is 0.264 e. The zero-order valence-corrected chi connectivity index (χ0v) is 19.7. The van der Waals surface area contributed by atoms with Gasteiger partial charge in [0.15, 0.2) is 0 Å². The zero-order valence-electron chi connectivity index (χ0n) is 18.8. The lowest BCUT2D eigenvalue weighted by Crippen LogP contribution is -2.43. The fraction of sp³-hybridized carbons (Fsp3) is 0.423. The number of hydrogen-bond donors (Lipinski definition) is 0. The summed E-state index contributed by atoms with van der Waals surface area (Å²) in [5.41, 5.74) is 3.87. The Balaban J connectivity index is 1.73. The van der Waals surface area contributed by atoms with Gasteiger partial charge in [-0.2, -0.15) is 0 Å². The Labute approximate surface area is 191 Å². The quantitative estimate of drug-likeness (QED) is 0.565. The molecule has 1 fully saturated rings. The van der Waals surface area contributed by atoms with Gasteiger partial charge in [-0.3, -0.25) is 4.31 Å². The third-order valence-electron chi connectivity index (χ3n) is 6.18. The van der Waals surface area contributed by atoms with Crippen molar-refractivity contribution >= 4 is 27.6 Å². The first-order valence-electron chi connectivity index (χ1n) is 11.4. The molecule has 0 saturated heterocycles. The van der Waals surface area contributed by atoms with Gasteiger partial charge in [0.2, 0.25) is 0 Å². The number of ether oxygens (including phenoxy) is 1. The van der Waals surface area contributed by atoms with E-state index in [-0.39, 0.29) is 23.3 Å². The topological polar surface area (TPSA) is 63.7 Å². The second-order valence-electron chi connectivity index (χ2n) is 8.92. The van der Waals surface area contributed by atoms with Gasteiger partial charge in [-0.1, -0.05) is 36.3 Å². The van der Waals surface area contributed by atoms with Crippen LogP contribution in [0.5, 0.6) is 5.75 Å². The van der Waals surface area contributed by atoms with E-state index in [1.807, 2.05) is 31.2 Å². The maximum atomic E-state index is 13.7. The van der Waals surface area contributed by atoms with Crippen LogP contribution in [0.15, 0.2) is 52.9 Å². The monoisotopic (exact) mass is 453 g/mol. The lowest BCUT2D eigenvalue weighted by atomic mass is 9.93. The summed E-state index contributed by atoms with van der Waals surface area (Å²) in [6.07, 6.45) is 8.59. The zero-order chi connectivity index (χ0) is 22.7. The molecular formula is C26H31NO4S. The number of allylic oxidation sites excluding steroid dienone is 1. The highest BCUT2D eigenvalue weighted by atomic mass is 32.2. The van der Waals surface area contributed by atoms with Crippen LogP contribution in [-0.2, 0) is 14.8 Å². The second-order valence-corrected chi connectivity index (χ2v) is 10.8. The molecule has 32 heavy (non-hydrogen) atoms. The van der Waals surface area contributed by atoms with Gasteiger partial charge in [0, 0.05) is 6.42 Å². The van der Waals surface area contributed by atoms with Crippen LogP contribution in [0.3, 0.4) is 0 Å². The number of ketones is 1. The Bertz CT molecular complexity index is 1130. The summed E-state index contributed by atoms with van der Waals surface area (Å²) < 4.78 is 35.0. The van der Waals surface area contributed by atoms with Gasteiger partial charge in [-0.15, -0.1) is 0 Å². The highest BCUT2D eigenvalue weighted by molar-refractivity contribution is 7.92. The number of carbonyl (C=O) groups excluding carboxylic acids is 1. The summed E-state index contributed by atoms with van der Waals surface area (Å²) in [5, 5.41) is 0. The van der Waals surface area contributed by atoms with Crippen molar-refractivity contribution < 1.29 is 17.9 Å². The smallest absolute Gasteiger partial charge is 0.264 e. The highest BCUT2D eigenvalue weighted by Crippen LogP contribution is 2.39. The summed E-state index contributed by atoms with van der Waals surface area (Å²) in [7, 11) is -3.77. The van der Waals surface area contributed by atoms with Gasteiger partial charge in [0.05, 0.1) is 17.1 Å². The van der Waals surface area contributed by atoms with E-state index in [4.69, 9.17) is 4.74 Å². The van der Waals surface area contributed by atoms with Crippen molar-refractivity contribution in [1.82, 2.24) is 0 Å². The van der Waals surface area contributed by atoms with Gasteiger partial charge in [0.25, 0.3) is 10.0 Å². The predicted molar refractivity (Wildman–Crippen MR) is 128 cm³/mol. The van der Waals surface area contributed by atoms with Crippen LogP contribution in [0.1, 0.15) is 63.0 Å². The van der Waals surface area contributed by atoms with Crippen LogP contribution in [0.4, 0.5) is 5.69 Å². The fourth-order valence-corrected chi connectivity index (χ4v) is 6.05. The van der Waals surface area contributed by atoms with Crippen molar-refractivity contribution in [1.29, 1.82) is 0 Å². The molecule has 2 aliphatic rings. The molecule has 1 heterocycles. The largest absolute Gasteiger partial charge is 0.486 e. The number of fused-ring (bicyclic) bond motifs is 1. The molecule has 0 radical (unpaired) electrons. The first kappa shape index (κ1) is 22.6. The van der Waals surface area contributed by atoms with E-state index in [1.54, 1.807) is 25.1 Å². The lowest BCUT2D eigenvalue weighted by Gasteiger charge is -2.35. The number of hydrogen-bond acceptors (Lipinski definition) is 4. The van der Waals surface area contributed by atoms with Crippen molar-refractivity contribution in [2.45, 2.75) is 69.8 Å². The molecule has 6 heteroatoms. The van der Waals surface area contributed by atoms with Crippen LogP contribution >= 0.6 is 0 Å². The molecule has 1 aliphatic carbocycles. The first-order valence-corrected chi connectivity index (χ1v) is 12.9. The fourth-order valence-electron chi connectivity index (χ4n) is 4.45. The van der Waals surface area contributed by atoms with E-state index in [0.29, 0.717) is 24.3 Å². The number of aryl methyl sites for hydroxylation is 1. The predicted octanol–water partition coefficient (Wildman–Crippen LogP) is 5.67. The molecule has 1 aliphatic heterocycles. The number of sulfonamides is 1. The van der Waals surface area contributed by atoms with Crippen LogP contribution in [-0.4, -0.2) is 26.8 Å². The average Bonchev–Trinajstić information content (AvgIpc) is 2.78. The number of Topliss-reactive ketones (excluding diaryl/α,β-unsaturated/α-hetero) is 1. The van der Waals surface area contributed by atoms with Gasteiger partial charge >= 0.3 is 0 Å². The number of nitrogens with zero attached hydrogens (tertiary/aromatic N) is 1. The molecule has 1 saturated carbocycles. The van der Waals surface area contributed by atoms with Gasteiger partial charge in [-0.05, 0) is 81.3 Å². The minimum absolute atomic E-state index is 0.0712. The van der Waals surface area contributed by atoms with Crippen molar-refractivity contribution in [2.24, 2.45) is 0 Å². The van der Waals surface area contributed by atoms with Crippen LogP contribution in [0.25, 0.3) is 6.08 Å². The molecule has 1 atom stereocenters. The van der Waals surface area contributed by atoms with Gasteiger partial charge in [0.1, 0.15) is 17.6 Å². The molecule has 2 aromatic rings. The SMILES string of the molecule is CC(=O)CC[C@H]1CN(S(=O)(=O)c2cccc(C)c2)c2cc(C=C3CCCCC3)ccc2O1. The number of rotatable bonds is 6. The molecule has 0 unspecified atom stereocenters. The van der Waals surface area contributed by atoms with Crippen LogP contribution in [0.2, 0.25) is 0 Å². The summed E-state index contributed by atoms with van der Waals surface area (Å²) in [5.74, 6) is 0.619. The molecule has 0 spiro atoms. The third kappa shape index (κ3) is 5.07. The highest BCUT2D eigenvalue weighted by Gasteiger charge is 2.34. The van der Waals surface area contributed by atoms with Crippen LogP contribution < -0.4 is 9.04 Å². The molecule has 0 aromatic heterocycles. The third-order valence-corrected chi connectivity index (χ3v) is 7.95. The molecule has 4 rings (SSSR count). The molecule has 0 bridgehead atoms. The van der Waals surface area contributed by atoms with E-state index < -0.39 is 10.0 Å². The first-order chi connectivity index (χ1) is 15.3. The van der Waals surface area contributed by atoms with E-state index in [1.165, 1.54) is 29.1 Å². The summed E-state index contributed by atoms with van der Waals surface area (Å²) in [4.78, 5) is 11.8. The molecule has 0 N–H and O–H groups in total. The van der Waals surface area contributed by atoms with Crippen molar-refractivity contribution in [3.8, 4) is 5.75 Å². The summed E-state index contributed by atoms with van der Waals surface area (Å²) in [6.45, 7) is 3.62. The van der Waals surface area contributed by atoms with Crippen LogP contribution in [0, 0.1) is 6.92 Å².